The number of hydrogen-bond acceptors (Lipinski definition) is 15. The van der Waals surface area contributed by atoms with Crippen LogP contribution in [0, 0.1) is 0 Å². The summed E-state index contributed by atoms with van der Waals surface area (Å²) < 4.78 is 70.8. The van der Waals surface area contributed by atoms with Crippen molar-refractivity contribution in [3.63, 3.8) is 0 Å². The molecule has 10 rings (SSSR count). The molecule has 4 aliphatic heterocycles. The molecule has 6 aromatic rings. The average Bonchev–Trinajstić information content (AvgIpc) is 3.82. The standard InChI is InChI=1S/C21H20N4O4S2.C19H18N4O3S2.Cu/c1-12(26)13-6-7-16-18(11-13)30-21(22-16)24-23-17-10-14-4-2-8-25-9-3-5-15(19(14)25)20(17)31(27,28)29;24-28(25,26)18-13-6-4-10-23-9-3-5-12(17(13)23)11-15(18)21-22-19-20-14-7-1-2-8-16(14)27-19;/h6-7,10-11H,2-5,8-9H2,1H3,(H,27,28,29);1-2,7-8,11H,3-6,9-10H2,(H,24,25,26);. The molecule has 0 bridgehead atoms. The van der Waals surface area contributed by atoms with Crippen molar-refractivity contribution >= 4 is 102 Å². The Morgan fingerprint density at radius 1 is 0.633 bits per heavy atom. The predicted octanol–water partition coefficient (Wildman–Crippen LogP) is 9.51. The van der Waals surface area contributed by atoms with Gasteiger partial charge in [-0.3, -0.25) is 13.9 Å². The van der Waals surface area contributed by atoms with E-state index in [1.807, 2.05) is 24.3 Å². The van der Waals surface area contributed by atoms with Gasteiger partial charge >= 0.3 is 0 Å². The largest absolute Gasteiger partial charge is 0.371 e. The summed E-state index contributed by atoms with van der Waals surface area (Å²) in [4.78, 5) is 24.6. The van der Waals surface area contributed by atoms with Crippen LogP contribution in [0.15, 0.2) is 84.8 Å². The molecule has 60 heavy (non-hydrogen) atoms. The van der Waals surface area contributed by atoms with Crippen molar-refractivity contribution in [1.82, 2.24) is 9.97 Å². The summed E-state index contributed by atoms with van der Waals surface area (Å²) in [5.74, 6) is -0.0339. The molecule has 0 spiro atoms. The first-order chi connectivity index (χ1) is 28.3. The van der Waals surface area contributed by atoms with Gasteiger partial charge in [0.2, 0.25) is 10.3 Å². The molecular weight excluding hydrogens is 896 g/mol. The van der Waals surface area contributed by atoms with Gasteiger partial charge in [-0.1, -0.05) is 34.8 Å². The van der Waals surface area contributed by atoms with Crippen LogP contribution in [0.3, 0.4) is 0 Å². The van der Waals surface area contributed by atoms with E-state index in [1.54, 1.807) is 30.3 Å². The summed E-state index contributed by atoms with van der Waals surface area (Å²) in [5, 5.41) is 17.6. The van der Waals surface area contributed by atoms with Crippen LogP contribution in [-0.4, -0.2) is 67.9 Å². The number of azo groups is 2. The van der Waals surface area contributed by atoms with Gasteiger partial charge in [0.25, 0.3) is 20.2 Å². The molecular formula is C40H38CuN8O7S4. The SMILES string of the molecule is CC(=O)c1ccc2nc(N=Nc3cc4c5c(c3S(=O)(=O)O)CCCN5CCC4)sc2c1.O=S(=O)(O)c1c(N=Nc2nc3ccccc3s2)cc2c3c1CCCN3CCC2.[Cu]. The summed E-state index contributed by atoms with van der Waals surface area (Å²) in [5.41, 5.74) is 7.76. The Balaban J connectivity index is 0.000000164. The van der Waals surface area contributed by atoms with E-state index < -0.39 is 20.2 Å². The van der Waals surface area contributed by atoms with Crippen molar-refractivity contribution in [1.29, 1.82) is 0 Å². The zero-order chi connectivity index (χ0) is 41.1. The zero-order valence-corrected chi connectivity index (χ0v) is 36.3. The van der Waals surface area contributed by atoms with Crippen LogP contribution < -0.4 is 9.80 Å². The van der Waals surface area contributed by atoms with Crippen LogP contribution in [0.1, 0.15) is 65.2 Å². The number of nitrogens with zero attached hydrogens (tertiary/aromatic N) is 8. The van der Waals surface area contributed by atoms with Gasteiger partial charge in [0, 0.05) is 60.2 Å². The van der Waals surface area contributed by atoms with Crippen molar-refractivity contribution in [2.45, 2.75) is 68.1 Å². The Kier molecular flexibility index (Phi) is 11.8. The number of benzene rings is 4. The van der Waals surface area contributed by atoms with Gasteiger partial charge < -0.3 is 9.80 Å². The second-order valence-corrected chi connectivity index (χ2v) is 19.6. The van der Waals surface area contributed by atoms with Crippen LogP contribution >= 0.6 is 22.7 Å². The monoisotopic (exact) mass is 933 g/mol. The van der Waals surface area contributed by atoms with E-state index in [0.717, 1.165) is 102 Å². The molecule has 2 N–H and O–H groups in total. The van der Waals surface area contributed by atoms with Crippen LogP contribution in [0.2, 0.25) is 0 Å². The van der Waals surface area contributed by atoms with E-state index in [0.29, 0.717) is 45.3 Å². The Morgan fingerprint density at radius 3 is 1.58 bits per heavy atom. The number of carbonyl (C=O) groups excluding carboxylic acids is 1. The number of rotatable bonds is 7. The molecule has 0 atom stereocenters. The number of aromatic nitrogens is 2. The van der Waals surface area contributed by atoms with Gasteiger partial charge in [-0.2, -0.15) is 16.8 Å². The second-order valence-electron chi connectivity index (χ2n) is 14.9. The summed E-state index contributed by atoms with van der Waals surface area (Å²) in [7, 11) is -8.90. The molecule has 20 heteroatoms. The maximum atomic E-state index is 12.3. The topological polar surface area (TPSA) is 208 Å². The maximum absolute atomic E-state index is 12.3. The molecule has 1 radical (unpaired) electrons. The van der Waals surface area contributed by atoms with Crippen LogP contribution in [0.4, 0.5) is 33.0 Å². The van der Waals surface area contributed by atoms with Gasteiger partial charge in [-0.05, 0) is 123 Å². The number of fused-ring (bicyclic) bond motifs is 2. The summed E-state index contributed by atoms with van der Waals surface area (Å²) in [6, 6.07) is 16.4. The third-order valence-corrected chi connectivity index (χ3v) is 14.7. The second kappa shape index (κ2) is 16.7. The average molecular weight is 935 g/mol. The molecule has 315 valence electrons. The number of ketones is 1. The quantitative estimate of drug-likeness (QED) is 0.0667. The van der Waals surface area contributed by atoms with Crippen molar-refractivity contribution in [3.8, 4) is 0 Å². The molecule has 6 heterocycles. The first-order valence-electron chi connectivity index (χ1n) is 19.2. The van der Waals surface area contributed by atoms with E-state index in [2.05, 4.69) is 40.2 Å². The number of thiazole rings is 2. The number of anilines is 2. The van der Waals surface area contributed by atoms with Crippen molar-refractivity contribution in [3.05, 3.63) is 82.4 Å². The van der Waals surface area contributed by atoms with E-state index in [-0.39, 0.29) is 44.0 Å². The van der Waals surface area contributed by atoms with Gasteiger partial charge in [0.1, 0.15) is 21.2 Å². The molecule has 0 aliphatic carbocycles. The van der Waals surface area contributed by atoms with Crippen LogP contribution in [0.25, 0.3) is 20.4 Å². The van der Waals surface area contributed by atoms with Crippen molar-refractivity contribution < 1.29 is 47.8 Å². The van der Waals surface area contributed by atoms with Crippen LogP contribution in [-0.2, 0) is 63.0 Å². The number of Topliss-reactive ketones (excluding diaryl/α,β-unsaturated/α-hetero) is 1. The molecule has 4 aliphatic rings. The smallest absolute Gasteiger partial charge is 0.297 e. The summed E-state index contributed by atoms with van der Waals surface area (Å²) >= 11 is 2.66. The van der Waals surface area contributed by atoms with Gasteiger partial charge in [-0.25, -0.2) is 9.97 Å². The molecule has 0 amide bonds. The fourth-order valence-electron chi connectivity index (χ4n) is 8.62. The fraction of sp³-hybridized carbons (Fsp3) is 0.325. The molecule has 0 saturated heterocycles. The Hall–Kier alpha value is -4.53. The summed E-state index contributed by atoms with van der Waals surface area (Å²) in [6.07, 6.45) is 6.58. The van der Waals surface area contributed by atoms with Gasteiger partial charge in [-0.15, -0.1) is 20.5 Å². The van der Waals surface area contributed by atoms with E-state index >= 15 is 0 Å². The zero-order valence-electron chi connectivity index (χ0n) is 32.1. The normalized spacial score (nSPS) is 16.1. The molecule has 0 unspecified atom stereocenters. The fourth-order valence-corrected chi connectivity index (χ4v) is 12.0. The minimum absolute atomic E-state index is 0. The Labute approximate surface area is 364 Å². The third-order valence-electron chi connectivity index (χ3n) is 11.0. The molecule has 15 nitrogen and oxygen atoms in total. The minimum Gasteiger partial charge on any atom is -0.371 e. The molecule has 4 aromatic carbocycles. The van der Waals surface area contributed by atoms with E-state index in [1.165, 1.54) is 29.6 Å². The molecule has 0 saturated carbocycles. The van der Waals surface area contributed by atoms with Gasteiger partial charge in [0.05, 0.1) is 20.4 Å². The third kappa shape index (κ3) is 8.26. The minimum atomic E-state index is -4.48. The first kappa shape index (κ1) is 42.2. The first-order valence-corrected chi connectivity index (χ1v) is 23.8. The van der Waals surface area contributed by atoms with E-state index in [9.17, 15) is 30.7 Å². The predicted molar refractivity (Wildman–Crippen MR) is 228 cm³/mol. The van der Waals surface area contributed by atoms with E-state index in [4.69, 9.17) is 0 Å². The number of para-hydroxylation sites is 1. The summed E-state index contributed by atoms with van der Waals surface area (Å²) in [6.45, 7) is 5.11. The molecule has 2 aromatic heterocycles. The number of hydrogen-bond donors (Lipinski definition) is 2. The number of aryl methyl sites for hydroxylation is 2. The number of carbonyl (C=O) groups is 1. The maximum Gasteiger partial charge on any atom is 0.297 e. The van der Waals surface area contributed by atoms with Gasteiger partial charge in [0.15, 0.2) is 5.78 Å². The van der Waals surface area contributed by atoms with Crippen molar-refractivity contribution in [2.24, 2.45) is 20.5 Å². The Morgan fingerprint density at radius 2 is 1.10 bits per heavy atom. The molecule has 0 fully saturated rings. The van der Waals surface area contributed by atoms with Crippen molar-refractivity contribution in [2.75, 3.05) is 36.0 Å². The Bertz CT molecular complexity index is 2950. The van der Waals surface area contributed by atoms with Crippen LogP contribution in [0.5, 0.6) is 0 Å².